The molecule has 2 N–H and O–H groups in total. The maximum absolute atomic E-state index is 13.1. The van der Waals surface area contributed by atoms with E-state index in [0.717, 1.165) is 66.6 Å². The molecule has 16 heteroatoms. The minimum Gasteiger partial charge on any atom is -0.486 e. The molecule has 0 radical (unpaired) electrons. The van der Waals surface area contributed by atoms with Gasteiger partial charge in [0.1, 0.15) is 19.5 Å². The third-order valence-corrected chi connectivity index (χ3v) is 10.6. The fourth-order valence-electron chi connectivity index (χ4n) is 6.02. The number of rotatable bonds is 11. The highest BCUT2D eigenvalue weighted by atomic mass is 79.9. The lowest BCUT2D eigenvalue weighted by Crippen LogP contribution is -2.44. The lowest BCUT2D eigenvalue weighted by molar-refractivity contribution is -0.160. The molecule has 0 saturated carbocycles. The Morgan fingerprint density at radius 3 is 2.53 bits per heavy atom. The Kier molecular flexibility index (Phi) is 12.5. The van der Waals surface area contributed by atoms with Crippen LogP contribution in [-0.4, -0.2) is 106 Å². The highest BCUT2D eigenvalue weighted by Gasteiger charge is 2.29. The number of hydrogen-bond donors (Lipinski definition) is 1. The summed E-state index contributed by atoms with van der Waals surface area (Å²) < 4.78 is 25.4. The molecular formula is C31H41BrClN7O6S. The normalized spacial score (nSPS) is 17.7. The first-order valence-corrected chi connectivity index (χ1v) is 17.5. The molecule has 0 aliphatic carbocycles. The van der Waals surface area contributed by atoms with E-state index in [1.165, 1.54) is 18.1 Å². The number of nitrogens with two attached hydrogens (primary N) is 1. The van der Waals surface area contributed by atoms with E-state index in [0.29, 0.717) is 80.1 Å². The van der Waals surface area contributed by atoms with Crippen LogP contribution in [0.4, 0.5) is 5.82 Å². The molecule has 1 aromatic carbocycles. The maximum Gasteiger partial charge on any atom is 0.306 e. The number of aromatic nitrogens is 4. The molecular weight excluding hydrogens is 714 g/mol. The van der Waals surface area contributed by atoms with Crippen molar-refractivity contribution < 1.29 is 28.5 Å². The Morgan fingerprint density at radius 1 is 1.06 bits per heavy atom. The van der Waals surface area contributed by atoms with E-state index in [1.807, 2.05) is 17.0 Å². The second-order valence-corrected chi connectivity index (χ2v) is 13.6. The van der Waals surface area contributed by atoms with Crippen molar-refractivity contribution in [3.63, 3.8) is 0 Å². The molecule has 3 aliphatic rings. The number of likely N-dealkylation sites (tertiary alicyclic amines) is 1. The summed E-state index contributed by atoms with van der Waals surface area (Å²) >= 11 is 5.18. The lowest BCUT2D eigenvalue weighted by Gasteiger charge is -2.33. The minimum absolute atomic E-state index is 0. The number of ether oxygens (including phenoxy) is 4. The fourth-order valence-corrected chi connectivity index (χ4v) is 7.53. The van der Waals surface area contributed by atoms with Crippen molar-refractivity contribution in [3.05, 3.63) is 22.9 Å². The van der Waals surface area contributed by atoms with Gasteiger partial charge in [-0.15, -0.1) is 12.4 Å². The van der Waals surface area contributed by atoms with Gasteiger partial charge < -0.3 is 34.1 Å². The van der Waals surface area contributed by atoms with E-state index < -0.39 is 6.10 Å². The van der Waals surface area contributed by atoms with Crippen LogP contribution in [0.5, 0.6) is 11.5 Å². The number of amides is 1. The van der Waals surface area contributed by atoms with Gasteiger partial charge in [0.25, 0.3) is 5.91 Å². The Labute approximate surface area is 292 Å². The van der Waals surface area contributed by atoms with Crippen molar-refractivity contribution in [2.45, 2.75) is 61.7 Å². The molecule has 2 aromatic heterocycles. The van der Waals surface area contributed by atoms with Crippen LogP contribution < -0.4 is 15.2 Å². The van der Waals surface area contributed by atoms with Crippen molar-refractivity contribution in [3.8, 4) is 11.5 Å². The molecule has 1 amide bonds. The number of hydrogen-bond acceptors (Lipinski definition) is 12. The topological polar surface area (TPSA) is 147 Å². The highest BCUT2D eigenvalue weighted by molar-refractivity contribution is 9.10. The summed E-state index contributed by atoms with van der Waals surface area (Å²) in [4.78, 5) is 44.0. The molecule has 0 spiro atoms. The molecule has 5 heterocycles. The summed E-state index contributed by atoms with van der Waals surface area (Å²) in [7, 11) is 0. The zero-order valence-electron chi connectivity index (χ0n) is 26.4. The average Bonchev–Trinajstić information content (AvgIpc) is 3.42. The fraction of sp³-hybridized carbons (Fsp3) is 0.581. The molecule has 2 saturated heterocycles. The number of aryl methyl sites for hydroxylation is 1. The number of piperidine rings is 1. The number of halogens is 2. The number of nitrogens with zero attached hydrogens (tertiary/aromatic N) is 6. The molecule has 6 rings (SSSR count). The van der Waals surface area contributed by atoms with Crippen LogP contribution >= 0.6 is 40.1 Å². The molecule has 1 atom stereocenters. The Bertz CT molecular complexity index is 1550. The first-order chi connectivity index (χ1) is 22.4. The van der Waals surface area contributed by atoms with E-state index in [9.17, 15) is 9.59 Å². The predicted octanol–water partition coefficient (Wildman–Crippen LogP) is 4.19. The zero-order chi connectivity index (χ0) is 32.0. The number of anilines is 1. The Balaban J connectivity index is 0.00000433. The number of morpholine rings is 1. The summed E-state index contributed by atoms with van der Waals surface area (Å²) in [5.41, 5.74) is 7.45. The van der Waals surface area contributed by atoms with E-state index >= 15 is 0 Å². The van der Waals surface area contributed by atoms with Gasteiger partial charge in [-0.3, -0.25) is 14.5 Å². The van der Waals surface area contributed by atoms with Gasteiger partial charge in [0, 0.05) is 48.5 Å². The average molecular weight is 755 g/mol. The lowest BCUT2D eigenvalue weighted by atomic mass is 9.93. The maximum atomic E-state index is 13.1. The minimum atomic E-state index is -0.783. The Hall–Kier alpha value is -2.85. The van der Waals surface area contributed by atoms with Gasteiger partial charge in [-0.05, 0) is 73.1 Å². The number of imidazole rings is 1. The summed E-state index contributed by atoms with van der Waals surface area (Å²) in [6.07, 6.45) is 4.33. The molecule has 0 unspecified atom stereocenters. The predicted molar refractivity (Wildman–Crippen MR) is 182 cm³/mol. The summed E-state index contributed by atoms with van der Waals surface area (Å²) in [5, 5.41) is 0.757. The summed E-state index contributed by atoms with van der Waals surface area (Å²) in [6.45, 7) is 8.74. The van der Waals surface area contributed by atoms with Gasteiger partial charge in [0.2, 0.25) is 0 Å². The van der Waals surface area contributed by atoms with Crippen molar-refractivity contribution >= 4 is 69.0 Å². The molecule has 2 fully saturated rings. The number of fused-ring (bicyclic) bond motifs is 2. The van der Waals surface area contributed by atoms with E-state index in [-0.39, 0.29) is 24.3 Å². The van der Waals surface area contributed by atoms with E-state index in [1.54, 1.807) is 6.92 Å². The number of esters is 1. The SMILES string of the molecule is C[C@@H](OC(=O)CCCN1CCOCC1)C(=O)N1CCC(CCn2c(Sc3cc4c(cc3Br)OCCO4)nc3c(N)ncnc32)CC1.Cl. The van der Waals surface area contributed by atoms with Crippen LogP contribution in [0, 0.1) is 5.92 Å². The molecule has 3 aliphatic heterocycles. The van der Waals surface area contributed by atoms with Crippen molar-refractivity contribution in [1.82, 2.24) is 29.3 Å². The quantitative estimate of drug-likeness (QED) is 0.280. The van der Waals surface area contributed by atoms with Crippen LogP contribution in [0.2, 0.25) is 0 Å². The van der Waals surface area contributed by atoms with Crippen molar-refractivity contribution in [1.29, 1.82) is 0 Å². The van der Waals surface area contributed by atoms with Crippen LogP contribution in [0.1, 0.15) is 39.0 Å². The largest absolute Gasteiger partial charge is 0.486 e. The molecule has 0 bridgehead atoms. The zero-order valence-corrected chi connectivity index (χ0v) is 29.6. The number of carbonyl (C=O) groups is 2. The van der Waals surface area contributed by atoms with Crippen LogP contribution in [-0.2, 0) is 25.6 Å². The van der Waals surface area contributed by atoms with Crippen LogP contribution in [0.15, 0.2) is 33.0 Å². The number of carbonyl (C=O) groups excluding carboxylic acids is 2. The van der Waals surface area contributed by atoms with Gasteiger partial charge in [0.05, 0.1) is 13.2 Å². The van der Waals surface area contributed by atoms with Gasteiger partial charge in [-0.25, -0.2) is 15.0 Å². The first kappa shape index (κ1) is 35.5. The second-order valence-electron chi connectivity index (χ2n) is 11.8. The molecule has 13 nitrogen and oxygen atoms in total. The Morgan fingerprint density at radius 2 is 1.79 bits per heavy atom. The van der Waals surface area contributed by atoms with E-state index in [4.69, 9.17) is 29.7 Å². The highest BCUT2D eigenvalue weighted by Crippen LogP contribution is 2.42. The third kappa shape index (κ3) is 8.79. The van der Waals surface area contributed by atoms with Gasteiger partial charge in [0.15, 0.2) is 39.7 Å². The number of benzene rings is 1. The van der Waals surface area contributed by atoms with Crippen LogP contribution in [0.3, 0.4) is 0 Å². The van der Waals surface area contributed by atoms with Gasteiger partial charge in [-0.2, -0.15) is 0 Å². The molecule has 47 heavy (non-hydrogen) atoms. The molecule has 256 valence electrons. The summed E-state index contributed by atoms with van der Waals surface area (Å²) in [6, 6.07) is 3.88. The smallest absolute Gasteiger partial charge is 0.306 e. The number of nitrogen functional groups attached to an aromatic ring is 1. The standard InChI is InChI=1S/C31H40BrN7O6S.ClH/c1-20(45-26(40)3-2-7-37-11-13-42-14-12-37)30(41)38-8-4-21(5-9-38)6-10-39-29-27(28(33)34-19-35-29)36-31(39)46-25-18-24-23(17-22(25)32)43-15-16-44-24;/h17-21H,2-16H2,1H3,(H2,33,34,35);1H/t20-;/m1./s1. The summed E-state index contributed by atoms with van der Waals surface area (Å²) in [5.74, 6) is 1.72. The monoisotopic (exact) mass is 753 g/mol. The van der Waals surface area contributed by atoms with Crippen molar-refractivity contribution in [2.24, 2.45) is 5.92 Å². The molecule has 3 aromatic rings. The van der Waals surface area contributed by atoms with Gasteiger partial charge in [-0.1, -0.05) is 11.8 Å². The first-order valence-electron chi connectivity index (χ1n) is 15.9. The third-order valence-electron chi connectivity index (χ3n) is 8.63. The van der Waals surface area contributed by atoms with Gasteiger partial charge >= 0.3 is 5.97 Å². The van der Waals surface area contributed by atoms with Crippen molar-refractivity contribution in [2.75, 3.05) is 64.9 Å². The second kappa shape index (κ2) is 16.5. The van der Waals surface area contributed by atoms with E-state index in [2.05, 4.69) is 35.4 Å². The van der Waals surface area contributed by atoms with Crippen LogP contribution in [0.25, 0.3) is 11.2 Å².